The molecular formula is C18H19FN2. The number of nitrogens with one attached hydrogen (secondary N) is 1. The summed E-state index contributed by atoms with van der Waals surface area (Å²) in [5.74, 6) is -0.467. The fourth-order valence-corrected chi connectivity index (χ4v) is 2.28. The smallest absolute Gasteiger partial charge is 0.140 e. The summed E-state index contributed by atoms with van der Waals surface area (Å²) in [5.41, 5.74) is 2.29. The van der Waals surface area contributed by atoms with Gasteiger partial charge in [0.15, 0.2) is 0 Å². The summed E-state index contributed by atoms with van der Waals surface area (Å²) in [7, 11) is 0. The van der Waals surface area contributed by atoms with Gasteiger partial charge in [-0.2, -0.15) is 5.26 Å². The fourth-order valence-electron chi connectivity index (χ4n) is 2.28. The van der Waals surface area contributed by atoms with E-state index >= 15 is 0 Å². The lowest BCUT2D eigenvalue weighted by molar-refractivity contribution is 0.468. The SMILES string of the molecule is CC(C)(CNCc1ccc(F)c(C#N)c1)c1ccccc1. The molecule has 0 bridgehead atoms. The van der Waals surface area contributed by atoms with Gasteiger partial charge in [-0.15, -0.1) is 0 Å². The lowest BCUT2D eigenvalue weighted by Gasteiger charge is -2.25. The van der Waals surface area contributed by atoms with Crippen molar-refractivity contribution in [2.24, 2.45) is 0 Å². The molecule has 3 heteroatoms. The van der Waals surface area contributed by atoms with E-state index in [1.165, 1.54) is 11.6 Å². The third kappa shape index (κ3) is 3.90. The molecule has 1 N–H and O–H groups in total. The summed E-state index contributed by atoms with van der Waals surface area (Å²) in [6.07, 6.45) is 0. The van der Waals surface area contributed by atoms with Gasteiger partial charge >= 0.3 is 0 Å². The van der Waals surface area contributed by atoms with Crippen LogP contribution in [0.3, 0.4) is 0 Å². The molecule has 2 rings (SSSR count). The molecule has 0 radical (unpaired) electrons. The molecule has 0 amide bonds. The van der Waals surface area contributed by atoms with Gasteiger partial charge in [-0.25, -0.2) is 4.39 Å². The predicted octanol–water partition coefficient (Wildman–Crippen LogP) is 3.76. The molecule has 0 aliphatic carbocycles. The van der Waals surface area contributed by atoms with Crippen LogP contribution in [0.2, 0.25) is 0 Å². The third-order valence-corrected chi connectivity index (χ3v) is 3.60. The van der Waals surface area contributed by atoms with Gasteiger partial charge in [-0.1, -0.05) is 50.2 Å². The monoisotopic (exact) mass is 282 g/mol. The van der Waals surface area contributed by atoms with Gasteiger partial charge in [-0.3, -0.25) is 0 Å². The topological polar surface area (TPSA) is 35.8 Å². The molecule has 0 heterocycles. The Balaban J connectivity index is 1.97. The maximum absolute atomic E-state index is 13.3. The van der Waals surface area contributed by atoms with Gasteiger partial charge in [0.2, 0.25) is 0 Å². The first kappa shape index (κ1) is 15.2. The molecule has 21 heavy (non-hydrogen) atoms. The van der Waals surface area contributed by atoms with Crippen LogP contribution in [0.4, 0.5) is 4.39 Å². The summed E-state index contributed by atoms with van der Waals surface area (Å²) in [6.45, 7) is 5.78. The molecule has 0 atom stereocenters. The normalized spacial score (nSPS) is 11.1. The highest BCUT2D eigenvalue weighted by Crippen LogP contribution is 2.21. The molecule has 2 aromatic carbocycles. The molecule has 2 nitrogen and oxygen atoms in total. The van der Waals surface area contributed by atoms with Crippen LogP contribution >= 0.6 is 0 Å². The Labute approximate surface area is 125 Å². The molecule has 0 unspecified atom stereocenters. The Morgan fingerprint density at radius 1 is 1.14 bits per heavy atom. The second kappa shape index (κ2) is 6.51. The van der Waals surface area contributed by atoms with E-state index in [9.17, 15) is 4.39 Å². The number of hydrogen-bond donors (Lipinski definition) is 1. The predicted molar refractivity (Wildman–Crippen MR) is 82.3 cm³/mol. The van der Waals surface area contributed by atoms with Crippen molar-refractivity contribution in [1.29, 1.82) is 5.26 Å². The second-order valence-electron chi connectivity index (χ2n) is 5.78. The van der Waals surface area contributed by atoms with E-state index in [0.29, 0.717) is 6.54 Å². The first-order valence-electron chi connectivity index (χ1n) is 6.98. The van der Waals surface area contributed by atoms with Crippen LogP contribution in [0.25, 0.3) is 0 Å². The van der Waals surface area contributed by atoms with Gasteiger partial charge in [0.1, 0.15) is 11.9 Å². The fraction of sp³-hybridized carbons (Fsp3) is 0.278. The summed E-state index contributed by atoms with van der Waals surface area (Å²) in [6, 6.07) is 16.8. The number of hydrogen-bond acceptors (Lipinski definition) is 2. The van der Waals surface area contributed by atoms with Crippen molar-refractivity contribution in [3.8, 4) is 6.07 Å². The lowest BCUT2D eigenvalue weighted by atomic mass is 9.84. The van der Waals surface area contributed by atoms with Crippen molar-refractivity contribution >= 4 is 0 Å². The van der Waals surface area contributed by atoms with Gasteiger partial charge < -0.3 is 5.32 Å². The van der Waals surface area contributed by atoms with Crippen LogP contribution in [-0.4, -0.2) is 6.54 Å². The molecule has 0 saturated carbocycles. The Hall–Kier alpha value is -2.18. The summed E-state index contributed by atoms with van der Waals surface area (Å²) in [5, 5.41) is 12.2. The quantitative estimate of drug-likeness (QED) is 0.906. The van der Waals surface area contributed by atoms with Crippen LogP contribution in [-0.2, 0) is 12.0 Å². The van der Waals surface area contributed by atoms with Gasteiger partial charge in [0.05, 0.1) is 5.56 Å². The first-order valence-corrected chi connectivity index (χ1v) is 6.98. The van der Waals surface area contributed by atoms with E-state index in [2.05, 4.69) is 31.3 Å². The molecule has 0 saturated heterocycles. The zero-order valence-electron chi connectivity index (χ0n) is 12.4. The molecule has 0 fully saturated rings. The minimum absolute atomic E-state index is 0.0132. The maximum Gasteiger partial charge on any atom is 0.140 e. The van der Waals surface area contributed by atoms with Crippen LogP contribution in [0, 0.1) is 17.1 Å². The average Bonchev–Trinajstić information content (AvgIpc) is 2.49. The molecule has 108 valence electrons. The molecule has 0 aromatic heterocycles. The summed E-state index contributed by atoms with van der Waals surface area (Å²) in [4.78, 5) is 0. The van der Waals surface area contributed by atoms with Crippen LogP contribution in [0.15, 0.2) is 48.5 Å². The molecular weight excluding hydrogens is 263 g/mol. The number of nitriles is 1. The first-order chi connectivity index (χ1) is 10.0. The average molecular weight is 282 g/mol. The molecule has 0 aliphatic heterocycles. The van der Waals surface area contributed by atoms with Crippen molar-refractivity contribution in [3.05, 3.63) is 71.0 Å². The van der Waals surface area contributed by atoms with E-state index in [4.69, 9.17) is 5.26 Å². The highest BCUT2D eigenvalue weighted by Gasteiger charge is 2.19. The van der Waals surface area contributed by atoms with E-state index in [-0.39, 0.29) is 11.0 Å². The van der Waals surface area contributed by atoms with E-state index in [0.717, 1.165) is 12.1 Å². The Morgan fingerprint density at radius 3 is 2.52 bits per heavy atom. The largest absolute Gasteiger partial charge is 0.312 e. The van der Waals surface area contributed by atoms with Crippen LogP contribution in [0.1, 0.15) is 30.5 Å². The number of nitrogens with zero attached hydrogens (tertiary/aromatic N) is 1. The third-order valence-electron chi connectivity index (χ3n) is 3.60. The minimum atomic E-state index is -0.467. The van der Waals surface area contributed by atoms with Crippen molar-refractivity contribution in [2.45, 2.75) is 25.8 Å². The van der Waals surface area contributed by atoms with Crippen molar-refractivity contribution in [2.75, 3.05) is 6.54 Å². The van der Waals surface area contributed by atoms with E-state index in [1.54, 1.807) is 12.1 Å². The Kier molecular flexibility index (Phi) is 4.72. The lowest BCUT2D eigenvalue weighted by Crippen LogP contribution is -2.32. The molecule has 0 spiro atoms. The second-order valence-corrected chi connectivity index (χ2v) is 5.78. The van der Waals surface area contributed by atoms with E-state index < -0.39 is 5.82 Å². The van der Waals surface area contributed by atoms with Crippen LogP contribution < -0.4 is 5.32 Å². The van der Waals surface area contributed by atoms with Crippen molar-refractivity contribution in [1.82, 2.24) is 5.32 Å². The molecule has 0 aliphatic rings. The standard InChI is InChI=1S/C18H19FN2/c1-18(2,16-6-4-3-5-7-16)13-21-12-14-8-9-17(19)15(10-14)11-20/h3-10,21H,12-13H2,1-2H3. The maximum atomic E-state index is 13.3. The van der Waals surface area contributed by atoms with Gasteiger partial charge in [-0.05, 0) is 23.3 Å². The van der Waals surface area contributed by atoms with Crippen molar-refractivity contribution < 1.29 is 4.39 Å². The van der Waals surface area contributed by atoms with Crippen molar-refractivity contribution in [3.63, 3.8) is 0 Å². The highest BCUT2D eigenvalue weighted by atomic mass is 19.1. The Bertz CT molecular complexity index is 642. The number of rotatable bonds is 5. The highest BCUT2D eigenvalue weighted by molar-refractivity contribution is 5.34. The Morgan fingerprint density at radius 2 is 1.86 bits per heavy atom. The summed E-state index contributed by atoms with van der Waals surface area (Å²) >= 11 is 0. The van der Waals surface area contributed by atoms with E-state index in [1.807, 2.05) is 24.3 Å². The zero-order chi connectivity index (χ0) is 15.3. The zero-order valence-corrected chi connectivity index (χ0v) is 12.4. The van der Waals surface area contributed by atoms with Gasteiger partial charge in [0, 0.05) is 18.5 Å². The summed E-state index contributed by atoms with van der Waals surface area (Å²) < 4.78 is 13.3. The molecule has 2 aromatic rings. The number of halogens is 1. The minimum Gasteiger partial charge on any atom is -0.312 e. The van der Waals surface area contributed by atoms with Gasteiger partial charge in [0.25, 0.3) is 0 Å². The number of benzene rings is 2. The van der Waals surface area contributed by atoms with Crippen LogP contribution in [0.5, 0.6) is 0 Å².